The van der Waals surface area contributed by atoms with Crippen LogP contribution in [0.25, 0.3) is 0 Å². The fraction of sp³-hybridized carbons (Fsp3) is 0.300. The number of urea groups is 1. The summed E-state index contributed by atoms with van der Waals surface area (Å²) in [5.41, 5.74) is 0.845. The van der Waals surface area contributed by atoms with E-state index >= 15 is 0 Å². The number of rotatable bonds is 1. The van der Waals surface area contributed by atoms with Gasteiger partial charge in [-0.3, -0.25) is 0 Å². The third-order valence-corrected chi connectivity index (χ3v) is 2.30. The third kappa shape index (κ3) is 1.77. The molecule has 5 heteroatoms. The molecule has 0 spiro atoms. The summed E-state index contributed by atoms with van der Waals surface area (Å²) in [5.74, 6) is -2.98. The zero-order valence-electron chi connectivity index (χ0n) is 8.05. The number of amides is 2. The maximum Gasteiger partial charge on any atom is 0.319 e. The van der Waals surface area contributed by atoms with Crippen LogP contribution in [-0.4, -0.2) is 12.0 Å². The number of carbonyl (C=O) groups is 1. The molecule has 2 rings (SSSR count). The van der Waals surface area contributed by atoms with Crippen molar-refractivity contribution in [2.75, 3.05) is 5.32 Å². The summed E-state index contributed by atoms with van der Waals surface area (Å²) >= 11 is 0. The van der Waals surface area contributed by atoms with Crippen molar-refractivity contribution in [3.05, 3.63) is 29.8 Å². The Bertz CT molecular complexity index is 401. The van der Waals surface area contributed by atoms with Crippen LogP contribution in [0.4, 0.5) is 19.3 Å². The Kier molecular flexibility index (Phi) is 2.10. The van der Waals surface area contributed by atoms with E-state index in [1.54, 1.807) is 24.3 Å². The number of para-hydroxylation sites is 1. The molecular weight excluding hydrogens is 202 g/mol. The van der Waals surface area contributed by atoms with Crippen molar-refractivity contribution in [2.24, 2.45) is 0 Å². The van der Waals surface area contributed by atoms with Gasteiger partial charge in [0.1, 0.15) is 6.04 Å². The number of carbonyl (C=O) groups excluding carboxylic acids is 1. The van der Waals surface area contributed by atoms with Gasteiger partial charge >= 0.3 is 6.03 Å². The summed E-state index contributed by atoms with van der Waals surface area (Å²) in [7, 11) is 0. The Morgan fingerprint density at radius 1 is 1.33 bits per heavy atom. The van der Waals surface area contributed by atoms with E-state index in [4.69, 9.17) is 0 Å². The van der Waals surface area contributed by atoms with Crippen molar-refractivity contribution < 1.29 is 13.6 Å². The Morgan fingerprint density at radius 2 is 2.00 bits per heavy atom. The normalized spacial score (nSPS) is 20.2. The number of halogens is 2. The first-order chi connectivity index (χ1) is 6.98. The van der Waals surface area contributed by atoms with Gasteiger partial charge in [0.2, 0.25) is 0 Å². The van der Waals surface area contributed by atoms with Crippen molar-refractivity contribution in [1.29, 1.82) is 0 Å². The first-order valence-corrected chi connectivity index (χ1v) is 4.53. The standard InChI is InChI=1S/C10H10F2N2O/c1-10(11,12)8-6-4-2-3-5-7(6)13-9(15)14-8/h2-5,8H,1H3,(H2,13,14,15). The van der Waals surface area contributed by atoms with Crippen molar-refractivity contribution >= 4 is 11.7 Å². The van der Waals surface area contributed by atoms with Crippen LogP contribution >= 0.6 is 0 Å². The molecule has 1 aliphatic rings. The molecule has 2 amide bonds. The van der Waals surface area contributed by atoms with Crippen LogP contribution in [0.1, 0.15) is 18.5 Å². The van der Waals surface area contributed by atoms with Gasteiger partial charge in [0.05, 0.1) is 0 Å². The molecule has 0 aliphatic carbocycles. The van der Waals surface area contributed by atoms with E-state index in [0.717, 1.165) is 6.92 Å². The van der Waals surface area contributed by atoms with Crippen molar-refractivity contribution in [3.63, 3.8) is 0 Å². The van der Waals surface area contributed by atoms with Crippen LogP contribution in [0.15, 0.2) is 24.3 Å². The summed E-state index contributed by atoms with van der Waals surface area (Å²) in [5, 5.41) is 4.69. The first-order valence-electron chi connectivity index (χ1n) is 4.53. The molecule has 1 aliphatic heterocycles. The predicted molar refractivity (Wildman–Crippen MR) is 52.0 cm³/mol. The monoisotopic (exact) mass is 212 g/mol. The molecule has 1 unspecified atom stereocenters. The summed E-state index contributed by atoms with van der Waals surface area (Å²) in [6.07, 6.45) is 0. The van der Waals surface area contributed by atoms with E-state index in [2.05, 4.69) is 10.6 Å². The van der Waals surface area contributed by atoms with Gasteiger partial charge in [0, 0.05) is 18.2 Å². The van der Waals surface area contributed by atoms with Gasteiger partial charge in [-0.1, -0.05) is 18.2 Å². The maximum absolute atomic E-state index is 13.2. The Labute approximate surface area is 85.5 Å². The molecule has 0 radical (unpaired) electrons. The van der Waals surface area contributed by atoms with Gasteiger partial charge in [-0.2, -0.15) is 0 Å². The van der Waals surface area contributed by atoms with Gasteiger partial charge in [0.15, 0.2) is 0 Å². The second-order valence-corrected chi connectivity index (χ2v) is 3.58. The van der Waals surface area contributed by atoms with E-state index in [-0.39, 0.29) is 0 Å². The molecule has 0 bridgehead atoms. The summed E-state index contributed by atoms with van der Waals surface area (Å²) in [6, 6.07) is 4.67. The Balaban J connectivity index is 2.47. The van der Waals surface area contributed by atoms with Gasteiger partial charge in [0.25, 0.3) is 5.92 Å². The Hall–Kier alpha value is -1.65. The van der Waals surface area contributed by atoms with Crippen LogP contribution in [0.3, 0.4) is 0 Å². The molecule has 1 heterocycles. The first kappa shape index (κ1) is 9.89. The molecule has 1 aromatic rings. The van der Waals surface area contributed by atoms with Gasteiger partial charge < -0.3 is 10.6 Å². The van der Waals surface area contributed by atoms with Gasteiger partial charge in [-0.25, -0.2) is 13.6 Å². The summed E-state index contributed by atoms with van der Waals surface area (Å²) in [6.45, 7) is 0.792. The lowest BCUT2D eigenvalue weighted by Crippen LogP contribution is -2.44. The highest BCUT2D eigenvalue weighted by Gasteiger charge is 2.40. The van der Waals surface area contributed by atoms with E-state index in [1.807, 2.05) is 0 Å². The van der Waals surface area contributed by atoms with E-state index < -0.39 is 18.0 Å². The molecule has 80 valence electrons. The lowest BCUT2D eigenvalue weighted by atomic mass is 9.98. The largest absolute Gasteiger partial charge is 0.325 e. The lowest BCUT2D eigenvalue weighted by Gasteiger charge is -2.30. The van der Waals surface area contributed by atoms with Gasteiger partial charge in [-0.05, 0) is 6.07 Å². The quantitative estimate of drug-likeness (QED) is 0.737. The highest BCUT2D eigenvalue weighted by atomic mass is 19.3. The predicted octanol–water partition coefficient (Wildman–Crippen LogP) is 2.52. The topological polar surface area (TPSA) is 41.1 Å². The molecule has 0 saturated carbocycles. The summed E-state index contributed by atoms with van der Waals surface area (Å²) < 4.78 is 26.4. The molecule has 15 heavy (non-hydrogen) atoms. The molecule has 1 aromatic carbocycles. The average molecular weight is 212 g/mol. The second-order valence-electron chi connectivity index (χ2n) is 3.58. The smallest absolute Gasteiger partial charge is 0.319 e. The minimum Gasteiger partial charge on any atom is -0.325 e. The molecule has 1 atom stereocenters. The van der Waals surface area contributed by atoms with E-state index in [1.165, 1.54) is 0 Å². The minimum atomic E-state index is -2.98. The minimum absolute atomic E-state index is 0.407. The highest BCUT2D eigenvalue weighted by Crippen LogP contribution is 2.36. The summed E-state index contributed by atoms with van der Waals surface area (Å²) in [4.78, 5) is 11.1. The lowest BCUT2D eigenvalue weighted by molar-refractivity contribution is -0.0156. The number of anilines is 1. The number of alkyl halides is 2. The molecule has 0 aromatic heterocycles. The number of fused-ring (bicyclic) bond motifs is 1. The van der Waals surface area contributed by atoms with E-state index in [0.29, 0.717) is 11.3 Å². The molecule has 0 fully saturated rings. The number of benzene rings is 1. The number of nitrogens with one attached hydrogen (secondary N) is 2. The number of hydrogen-bond donors (Lipinski definition) is 2. The molecule has 3 nitrogen and oxygen atoms in total. The van der Waals surface area contributed by atoms with Crippen LogP contribution in [0.2, 0.25) is 0 Å². The molecular formula is C10H10F2N2O. The van der Waals surface area contributed by atoms with Gasteiger partial charge in [-0.15, -0.1) is 0 Å². The van der Waals surface area contributed by atoms with Crippen molar-refractivity contribution in [1.82, 2.24) is 5.32 Å². The number of hydrogen-bond acceptors (Lipinski definition) is 1. The fourth-order valence-electron chi connectivity index (χ4n) is 1.63. The average Bonchev–Trinajstić information content (AvgIpc) is 2.15. The third-order valence-electron chi connectivity index (χ3n) is 2.30. The molecule has 0 saturated heterocycles. The Morgan fingerprint density at radius 3 is 2.67 bits per heavy atom. The van der Waals surface area contributed by atoms with Crippen LogP contribution in [-0.2, 0) is 0 Å². The fourth-order valence-corrected chi connectivity index (χ4v) is 1.63. The maximum atomic E-state index is 13.2. The highest BCUT2D eigenvalue weighted by molar-refractivity contribution is 5.93. The zero-order valence-corrected chi connectivity index (χ0v) is 8.05. The van der Waals surface area contributed by atoms with Crippen molar-refractivity contribution in [3.8, 4) is 0 Å². The zero-order chi connectivity index (χ0) is 11.1. The van der Waals surface area contributed by atoms with Crippen LogP contribution in [0, 0.1) is 0 Å². The van der Waals surface area contributed by atoms with E-state index in [9.17, 15) is 13.6 Å². The molecule has 2 N–H and O–H groups in total. The van der Waals surface area contributed by atoms with Crippen molar-refractivity contribution in [2.45, 2.75) is 18.9 Å². The SMILES string of the molecule is CC(F)(F)C1NC(=O)Nc2ccccc21. The van der Waals surface area contributed by atoms with Crippen LogP contribution in [0.5, 0.6) is 0 Å². The van der Waals surface area contributed by atoms with Crippen LogP contribution < -0.4 is 10.6 Å². The second kappa shape index (κ2) is 3.18.